The van der Waals surface area contributed by atoms with Crippen molar-refractivity contribution in [1.29, 1.82) is 0 Å². The number of hydrogen-bond acceptors (Lipinski definition) is 4. The van der Waals surface area contributed by atoms with Gasteiger partial charge in [-0.3, -0.25) is 9.10 Å². The van der Waals surface area contributed by atoms with Gasteiger partial charge in [-0.05, 0) is 25.1 Å². The van der Waals surface area contributed by atoms with E-state index in [0.29, 0.717) is 5.69 Å². The molecule has 0 aromatic heterocycles. The van der Waals surface area contributed by atoms with Crippen LogP contribution < -0.4 is 4.31 Å². The lowest BCUT2D eigenvalue weighted by atomic mass is 9.90. The van der Waals surface area contributed by atoms with Crippen molar-refractivity contribution in [2.75, 3.05) is 10.8 Å². The van der Waals surface area contributed by atoms with E-state index in [9.17, 15) is 13.2 Å². The molecule has 0 spiro atoms. The van der Waals surface area contributed by atoms with E-state index in [1.807, 2.05) is 19.1 Å². The highest BCUT2D eigenvalue weighted by molar-refractivity contribution is 7.92. The third kappa shape index (κ3) is 2.29. The summed E-state index contributed by atoms with van der Waals surface area (Å²) in [5, 5.41) is 0. The van der Waals surface area contributed by atoms with E-state index in [0.717, 1.165) is 11.1 Å². The number of fused-ring (bicyclic) bond motifs is 3. The Labute approximate surface area is 140 Å². The molecule has 1 fully saturated rings. The zero-order chi connectivity index (χ0) is 16.9. The minimum Gasteiger partial charge on any atom is -0.457 e. The van der Waals surface area contributed by atoms with Gasteiger partial charge in [-0.2, -0.15) is 0 Å². The second-order valence-electron chi connectivity index (χ2n) is 6.28. The maximum absolute atomic E-state index is 13.1. The molecule has 2 heterocycles. The molecule has 2 aromatic carbocycles. The van der Waals surface area contributed by atoms with E-state index >= 15 is 0 Å². The zero-order valence-corrected chi connectivity index (χ0v) is 14.0. The van der Waals surface area contributed by atoms with E-state index in [2.05, 4.69) is 0 Å². The van der Waals surface area contributed by atoms with Gasteiger partial charge in [0.15, 0.2) is 0 Å². The van der Waals surface area contributed by atoms with Crippen molar-refractivity contribution in [3.63, 3.8) is 0 Å². The predicted octanol–water partition coefficient (Wildman–Crippen LogP) is 2.81. The molecule has 0 amide bonds. The van der Waals surface area contributed by atoms with Gasteiger partial charge >= 0.3 is 5.97 Å². The summed E-state index contributed by atoms with van der Waals surface area (Å²) in [4.78, 5) is 11.9. The van der Waals surface area contributed by atoms with Gasteiger partial charge < -0.3 is 4.74 Å². The Kier molecular flexibility index (Phi) is 3.38. The first-order valence-corrected chi connectivity index (χ1v) is 9.28. The van der Waals surface area contributed by atoms with E-state index in [-0.39, 0.29) is 35.9 Å². The topological polar surface area (TPSA) is 63.7 Å². The average molecular weight is 343 g/mol. The van der Waals surface area contributed by atoms with Crippen molar-refractivity contribution < 1.29 is 17.9 Å². The van der Waals surface area contributed by atoms with Crippen LogP contribution in [0.15, 0.2) is 53.4 Å². The van der Waals surface area contributed by atoms with Crippen LogP contribution in [0.2, 0.25) is 0 Å². The average Bonchev–Trinajstić information content (AvgIpc) is 2.95. The van der Waals surface area contributed by atoms with Crippen molar-refractivity contribution in [3.05, 3.63) is 59.7 Å². The third-order valence-electron chi connectivity index (χ3n) is 4.64. The molecule has 0 bridgehead atoms. The maximum atomic E-state index is 13.1. The molecule has 0 unspecified atom stereocenters. The predicted molar refractivity (Wildman–Crippen MR) is 89.1 cm³/mol. The summed E-state index contributed by atoms with van der Waals surface area (Å²) in [7, 11) is -3.68. The number of para-hydroxylation sites is 1. The minimum absolute atomic E-state index is 0.146. The summed E-state index contributed by atoms with van der Waals surface area (Å²) >= 11 is 0. The Morgan fingerprint density at radius 2 is 1.79 bits per heavy atom. The van der Waals surface area contributed by atoms with Gasteiger partial charge in [0, 0.05) is 18.0 Å². The number of carbonyl (C=O) groups excluding carboxylic acids is 1. The van der Waals surface area contributed by atoms with Crippen LogP contribution >= 0.6 is 0 Å². The SMILES string of the molecule is Cc1ccc(S(=O)(=O)N2C[C@@H]3CC(=O)O[C@@H]3c3ccccc32)cc1. The summed E-state index contributed by atoms with van der Waals surface area (Å²) in [5.74, 6) is -0.415. The fourth-order valence-electron chi connectivity index (χ4n) is 3.42. The Morgan fingerprint density at radius 3 is 2.54 bits per heavy atom. The molecule has 6 heteroatoms. The molecule has 0 aliphatic carbocycles. The normalized spacial score (nSPS) is 22.7. The molecule has 0 saturated carbocycles. The smallest absolute Gasteiger partial charge is 0.306 e. The number of rotatable bonds is 2. The van der Waals surface area contributed by atoms with Crippen LogP contribution in [0.1, 0.15) is 23.7 Å². The first-order valence-electron chi connectivity index (χ1n) is 7.84. The number of carbonyl (C=O) groups is 1. The third-order valence-corrected chi connectivity index (χ3v) is 6.43. The maximum Gasteiger partial charge on any atom is 0.306 e. The van der Waals surface area contributed by atoms with Crippen molar-refractivity contribution >= 4 is 21.7 Å². The van der Waals surface area contributed by atoms with Crippen LogP contribution in [0.25, 0.3) is 0 Å². The minimum atomic E-state index is -3.68. The van der Waals surface area contributed by atoms with E-state index in [1.54, 1.807) is 36.4 Å². The largest absolute Gasteiger partial charge is 0.457 e. The lowest BCUT2D eigenvalue weighted by molar-refractivity contribution is -0.141. The van der Waals surface area contributed by atoms with Crippen molar-refractivity contribution in [3.8, 4) is 0 Å². The summed E-state index contributed by atoms with van der Waals surface area (Å²) in [6.45, 7) is 2.17. The van der Waals surface area contributed by atoms with Gasteiger partial charge in [-0.1, -0.05) is 35.9 Å². The summed E-state index contributed by atoms with van der Waals surface area (Å²) < 4.78 is 33.1. The number of ether oxygens (including phenoxy) is 1. The molecule has 4 rings (SSSR count). The highest BCUT2D eigenvalue weighted by Gasteiger charge is 2.45. The van der Waals surface area contributed by atoms with Crippen LogP contribution in [0.5, 0.6) is 0 Å². The fraction of sp³-hybridized carbons (Fsp3) is 0.278. The van der Waals surface area contributed by atoms with Crippen molar-refractivity contribution in [2.24, 2.45) is 5.92 Å². The molecular weight excluding hydrogens is 326 g/mol. The molecule has 124 valence electrons. The number of hydrogen-bond donors (Lipinski definition) is 0. The molecule has 24 heavy (non-hydrogen) atoms. The molecule has 2 aromatic rings. The van der Waals surface area contributed by atoms with Gasteiger partial charge in [0.1, 0.15) is 6.10 Å². The quantitative estimate of drug-likeness (QED) is 0.787. The highest BCUT2D eigenvalue weighted by Crippen LogP contribution is 2.46. The molecular formula is C18H17NO4S. The lowest BCUT2D eigenvalue weighted by Gasteiger charge is -2.35. The second kappa shape index (κ2) is 5.34. The zero-order valence-electron chi connectivity index (χ0n) is 13.2. The van der Waals surface area contributed by atoms with Crippen LogP contribution in [-0.2, 0) is 19.6 Å². The fourth-order valence-corrected chi connectivity index (χ4v) is 4.96. The monoisotopic (exact) mass is 343 g/mol. The Bertz CT molecular complexity index is 905. The van der Waals surface area contributed by atoms with Gasteiger partial charge in [0.05, 0.1) is 17.0 Å². The van der Waals surface area contributed by atoms with Crippen LogP contribution in [0.3, 0.4) is 0 Å². The number of aryl methyl sites for hydroxylation is 1. The second-order valence-corrected chi connectivity index (χ2v) is 8.14. The standard InChI is InChI=1S/C18H17NO4S/c1-12-6-8-14(9-7-12)24(21,22)19-11-13-10-17(20)23-18(13)15-4-2-3-5-16(15)19/h2-9,13,18H,10-11H2,1H3/t13-,18-/m0/s1. The molecule has 0 N–H and O–H groups in total. The van der Waals surface area contributed by atoms with Crippen LogP contribution in [0, 0.1) is 12.8 Å². The molecule has 2 atom stereocenters. The number of esters is 1. The van der Waals surface area contributed by atoms with Crippen LogP contribution in [0.4, 0.5) is 5.69 Å². The molecule has 2 aliphatic heterocycles. The number of anilines is 1. The first kappa shape index (κ1) is 15.2. The Balaban J connectivity index is 1.82. The number of benzene rings is 2. The van der Waals surface area contributed by atoms with Gasteiger partial charge in [-0.25, -0.2) is 8.42 Å². The van der Waals surface area contributed by atoms with E-state index in [4.69, 9.17) is 4.74 Å². The molecule has 0 radical (unpaired) electrons. The van der Waals surface area contributed by atoms with Gasteiger partial charge in [-0.15, -0.1) is 0 Å². The first-order chi connectivity index (χ1) is 11.5. The van der Waals surface area contributed by atoms with Crippen molar-refractivity contribution in [2.45, 2.75) is 24.3 Å². The summed E-state index contributed by atoms with van der Waals surface area (Å²) in [5.41, 5.74) is 2.35. The molecule has 1 saturated heterocycles. The van der Waals surface area contributed by atoms with Crippen LogP contribution in [-0.4, -0.2) is 20.9 Å². The van der Waals surface area contributed by atoms with Gasteiger partial charge in [0.2, 0.25) is 0 Å². The lowest BCUT2D eigenvalue weighted by Crippen LogP contribution is -2.40. The van der Waals surface area contributed by atoms with E-state index < -0.39 is 10.0 Å². The summed E-state index contributed by atoms with van der Waals surface area (Å²) in [6, 6.07) is 14.1. The number of nitrogens with zero attached hydrogens (tertiary/aromatic N) is 1. The number of sulfonamides is 1. The molecule has 5 nitrogen and oxygen atoms in total. The summed E-state index contributed by atoms with van der Waals surface area (Å²) in [6.07, 6.45) is -0.1000. The van der Waals surface area contributed by atoms with Gasteiger partial charge in [0.25, 0.3) is 10.0 Å². The molecule has 2 aliphatic rings. The highest BCUT2D eigenvalue weighted by atomic mass is 32.2. The van der Waals surface area contributed by atoms with Crippen molar-refractivity contribution in [1.82, 2.24) is 0 Å². The van der Waals surface area contributed by atoms with E-state index in [1.165, 1.54) is 4.31 Å². The Morgan fingerprint density at radius 1 is 1.08 bits per heavy atom. The Hall–Kier alpha value is -2.34.